The summed E-state index contributed by atoms with van der Waals surface area (Å²) in [5.74, 6) is 1.02. The Balaban J connectivity index is 1.96. The average Bonchev–Trinajstić information content (AvgIpc) is 2.94. The molecule has 0 saturated carbocycles. The zero-order chi connectivity index (χ0) is 13.7. The van der Waals surface area contributed by atoms with E-state index in [4.69, 9.17) is 4.42 Å². The molecule has 1 heterocycles. The van der Waals surface area contributed by atoms with Gasteiger partial charge in [0, 0.05) is 18.3 Å². The zero-order valence-electron chi connectivity index (χ0n) is 10.8. The lowest BCUT2D eigenvalue weighted by molar-refractivity contribution is 0.0921. The monoisotopic (exact) mass is 321 g/mol. The highest BCUT2D eigenvalue weighted by atomic mass is 79.9. The third-order valence-corrected chi connectivity index (χ3v) is 3.48. The summed E-state index contributed by atoms with van der Waals surface area (Å²) in [6.07, 6.45) is 0.792. The summed E-state index contributed by atoms with van der Waals surface area (Å²) in [6, 6.07) is 11.6. The zero-order valence-corrected chi connectivity index (χ0v) is 12.4. The smallest absolute Gasteiger partial charge is 0.287 e. The van der Waals surface area contributed by atoms with Crippen molar-refractivity contribution in [2.45, 2.75) is 25.2 Å². The van der Waals surface area contributed by atoms with Crippen LogP contribution in [0.1, 0.15) is 34.4 Å². The maximum Gasteiger partial charge on any atom is 0.287 e. The Labute approximate surface area is 121 Å². The van der Waals surface area contributed by atoms with Crippen molar-refractivity contribution >= 4 is 21.8 Å². The standard InChI is InChI=1S/C15H16BrNO2/c1-2-13-6-7-14(19-13)15(18)17-10-12-5-3-4-11(8-12)9-16/h3-8H,2,9-10H2,1H3,(H,17,18). The molecule has 0 aliphatic heterocycles. The number of hydrogen-bond acceptors (Lipinski definition) is 2. The van der Waals surface area contributed by atoms with Crippen LogP contribution < -0.4 is 5.32 Å². The van der Waals surface area contributed by atoms with Crippen LogP contribution in [-0.4, -0.2) is 5.91 Å². The van der Waals surface area contributed by atoms with Crippen LogP contribution in [0.4, 0.5) is 0 Å². The molecule has 0 radical (unpaired) electrons. The number of hydrogen-bond donors (Lipinski definition) is 1. The van der Waals surface area contributed by atoms with E-state index in [1.807, 2.05) is 31.2 Å². The number of amides is 1. The molecule has 1 aromatic carbocycles. The summed E-state index contributed by atoms with van der Waals surface area (Å²) in [5.41, 5.74) is 2.27. The normalized spacial score (nSPS) is 10.4. The lowest BCUT2D eigenvalue weighted by Crippen LogP contribution is -2.22. The Bertz CT molecular complexity index is 563. The SMILES string of the molecule is CCc1ccc(C(=O)NCc2cccc(CBr)c2)o1. The molecule has 4 heteroatoms. The van der Waals surface area contributed by atoms with Crippen LogP contribution in [0.25, 0.3) is 0 Å². The minimum atomic E-state index is -0.177. The Hall–Kier alpha value is -1.55. The van der Waals surface area contributed by atoms with Crippen molar-refractivity contribution in [3.63, 3.8) is 0 Å². The van der Waals surface area contributed by atoms with Gasteiger partial charge in [-0.2, -0.15) is 0 Å². The molecule has 0 atom stereocenters. The first kappa shape index (κ1) is 13.9. The lowest BCUT2D eigenvalue weighted by atomic mass is 10.1. The van der Waals surface area contributed by atoms with Gasteiger partial charge in [0.15, 0.2) is 5.76 Å². The first-order chi connectivity index (χ1) is 9.22. The fraction of sp³-hybridized carbons (Fsp3) is 0.267. The van der Waals surface area contributed by atoms with Gasteiger partial charge in [0.25, 0.3) is 5.91 Å². The molecule has 0 fully saturated rings. The summed E-state index contributed by atoms with van der Waals surface area (Å²) in [7, 11) is 0. The van der Waals surface area contributed by atoms with E-state index in [2.05, 4.69) is 27.3 Å². The molecule has 1 amide bonds. The fourth-order valence-corrected chi connectivity index (χ4v) is 2.13. The highest BCUT2D eigenvalue weighted by molar-refractivity contribution is 9.08. The summed E-state index contributed by atoms with van der Waals surface area (Å²) in [4.78, 5) is 11.9. The van der Waals surface area contributed by atoms with Gasteiger partial charge in [0.05, 0.1) is 0 Å². The number of rotatable bonds is 5. The van der Waals surface area contributed by atoms with E-state index < -0.39 is 0 Å². The molecule has 0 aliphatic rings. The Kier molecular flexibility index (Phi) is 4.80. The molecule has 0 unspecified atom stereocenters. The van der Waals surface area contributed by atoms with Gasteiger partial charge in [0.1, 0.15) is 5.76 Å². The highest BCUT2D eigenvalue weighted by Gasteiger charge is 2.10. The van der Waals surface area contributed by atoms with E-state index in [9.17, 15) is 4.79 Å². The molecule has 1 aromatic heterocycles. The molecule has 100 valence electrons. The molecule has 2 aromatic rings. The number of carbonyl (C=O) groups excluding carboxylic acids is 1. The number of nitrogens with one attached hydrogen (secondary N) is 1. The van der Waals surface area contributed by atoms with Crippen LogP contribution in [0.3, 0.4) is 0 Å². The second-order valence-electron chi connectivity index (χ2n) is 4.26. The van der Waals surface area contributed by atoms with Gasteiger partial charge in [-0.1, -0.05) is 47.1 Å². The van der Waals surface area contributed by atoms with Crippen molar-refractivity contribution < 1.29 is 9.21 Å². The summed E-state index contributed by atoms with van der Waals surface area (Å²) in [6.45, 7) is 2.49. The second-order valence-corrected chi connectivity index (χ2v) is 4.82. The molecule has 0 bridgehead atoms. The van der Waals surface area contributed by atoms with E-state index >= 15 is 0 Å². The summed E-state index contributed by atoms with van der Waals surface area (Å²) in [5, 5.41) is 3.67. The maximum absolute atomic E-state index is 11.9. The molecular weight excluding hydrogens is 306 g/mol. The van der Waals surface area contributed by atoms with Crippen molar-refractivity contribution in [2.75, 3.05) is 0 Å². The third kappa shape index (κ3) is 3.70. The predicted molar refractivity (Wildman–Crippen MR) is 78.3 cm³/mol. The van der Waals surface area contributed by atoms with Crippen molar-refractivity contribution in [3.05, 3.63) is 59.0 Å². The molecular formula is C15H16BrNO2. The van der Waals surface area contributed by atoms with Crippen LogP contribution in [0.15, 0.2) is 40.8 Å². The van der Waals surface area contributed by atoms with Crippen LogP contribution in [-0.2, 0) is 18.3 Å². The first-order valence-corrected chi connectivity index (χ1v) is 7.35. The van der Waals surface area contributed by atoms with Gasteiger partial charge in [0.2, 0.25) is 0 Å². The lowest BCUT2D eigenvalue weighted by Gasteiger charge is -2.05. The van der Waals surface area contributed by atoms with Crippen molar-refractivity contribution in [2.24, 2.45) is 0 Å². The average molecular weight is 322 g/mol. The Morgan fingerprint density at radius 1 is 1.26 bits per heavy atom. The first-order valence-electron chi connectivity index (χ1n) is 6.23. The van der Waals surface area contributed by atoms with Crippen LogP contribution >= 0.6 is 15.9 Å². The maximum atomic E-state index is 11.9. The predicted octanol–water partition coefficient (Wildman–Crippen LogP) is 3.67. The Morgan fingerprint density at radius 2 is 2.05 bits per heavy atom. The quantitative estimate of drug-likeness (QED) is 0.854. The molecule has 0 aliphatic carbocycles. The van der Waals surface area contributed by atoms with Crippen molar-refractivity contribution in [3.8, 4) is 0 Å². The molecule has 2 rings (SSSR count). The number of aryl methyl sites for hydroxylation is 1. The van der Waals surface area contributed by atoms with Crippen molar-refractivity contribution in [1.29, 1.82) is 0 Å². The largest absolute Gasteiger partial charge is 0.456 e. The molecule has 0 saturated heterocycles. The topological polar surface area (TPSA) is 42.2 Å². The summed E-state index contributed by atoms with van der Waals surface area (Å²) >= 11 is 3.42. The van der Waals surface area contributed by atoms with Gasteiger partial charge in [-0.25, -0.2) is 0 Å². The van der Waals surface area contributed by atoms with E-state index in [0.29, 0.717) is 12.3 Å². The number of furan rings is 1. The minimum absolute atomic E-state index is 0.177. The van der Waals surface area contributed by atoms with E-state index in [-0.39, 0.29) is 5.91 Å². The van der Waals surface area contributed by atoms with Crippen LogP contribution in [0.5, 0.6) is 0 Å². The molecule has 0 spiro atoms. The third-order valence-electron chi connectivity index (χ3n) is 2.83. The van der Waals surface area contributed by atoms with Gasteiger partial charge in [-0.3, -0.25) is 4.79 Å². The minimum Gasteiger partial charge on any atom is -0.456 e. The number of alkyl halides is 1. The Morgan fingerprint density at radius 3 is 2.74 bits per heavy atom. The van der Waals surface area contributed by atoms with Gasteiger partial charge in [-0.15, -0.1) is 0 Å². The second kappa shape index (κ2) is 6.57. The van der Waals surface area contributed by atoms with Gasteiger partial charge in [-0.05, 0) is 23.3 Å². The number of benzene rings is 1. The summed E-state index contributed by atoms with van der Waals surface area (Å²) < 4.78 is 5.41. The van der Waals surface area contributed by atoms with E-state index in [0.717, 1.165) is 23.1 Å². The molecule has 3 nitrogen and oxygen atoms in total. The van der Waals surface area contributed by atoms with Crippen LogP contribution in [0, 0.1) is 0 Å². The number of halogens is 1. The van der Waals surface area contributed by atoms with E-state index in [1.54, 1.807) is 6.07 Å². The van der Waals surface area contributed by atoms with Crippen molar-refractivity contribution in [1.82, 2.24) is 5.32 Å². The van der Waals surface area contributed by atoms with Gasteiger partial charge < -0.3 is 9.73 Å². The molecule has 1 N–H and O–H groups in total. The highest BCUT2D eigenvalue weighted by Crippen LogP contribution is 2.10. The van der Waals surface area contributed by atoms with Crippen LogP contribution in [0.2, 0.25) is 0 Å². The molecule has 19 heavy (non-hydrogen) atoms. The fourth-order valence-electron chi connectivity index (χ4n) is 1.78. The number of carbonyl (C=O) groups is 1. The van der Waals surface area contributed by atoms with E-state index in [1.165, 1.54) is 5.56 Å². The van der Waals surface area contributed by atoms with Gasteiger partial charge >= 0.3 is 0 Å².